The third kappa shape index (κ3) is 4.93. The third-order valence-corrected chi connectivity index (χ3v) is 2.76. The maximum Gasteiger partial charge on any atom is 0.422 e. The molecule has 0 radical (unpaired) electrons. The molecule has 8 nitrogen and oxygen atoms in total. The van der Waals surface area contributed by atoms with Gasteiger partial charge in [-0.15, -0.1) is 0 Å². The Hall–Kier alpha value is -3.11. The van der Waals surface area contributed by atoms with Gasteiger partial charge in [0, 0.05) is 14.1 Å². The lowest BCUT2D eigenvalue weighted by molar-refractivity contribution is -0.154. The minimum absolute atomic E-state index is 0.0515. The molecule has 1 N–H and O–H groups in total. The molecule has 0 saturated heterocycles. The number of hydrogen-bond donors (Lipinski definition) is 1. The molecule has 134 valence electrons. The first-order chi connectivity index (χ1) is 11.7. The lowest BCUT2D eigenvalue weighted by Gasteiger charge is -2.19. The Morgan fingerprint density at radius 1 is 1.12 bits per heavy atom. The van der Waals surface area contributed by atoms with Gasteiger partial charge in [0.2, 0.25) is 11.9 Å². The molecule has 2 rings (SSSR count). The molecule has 1 amide bonds. The number of nitrogens with zero attached hydrogens (tertiary/aromatic N) is 5. The normalized spacial score (nSPS) is 11.1. The largest absolute Gasteiger partial charge is 0.464 e. The van der Waals surface area contributed by atoms with Crippen molar-refractivity contribution in [2.24, 2.45) is 0 Å². The van der Waals surface area contributed by atoms with Gasteiger partial charge < -0.3 is 14.7 Å². The van der Waals surface area contributed by atoms with Crippen LogP contribution in [0.2, 0.25) is 0 Å². The van der Waals surface area contributed by atoms with Crippen LogP contribution in [0.1, 0.15) is 0 Å². The number of amides is 1. The van der Waals surface area contributed by atoms with E-state index in [2.05, 4.69) is 19.7 Å². The molecule has 0 aliphatic rings. The highest BCUT2D eigenvalue weighted by Gasteiger charge is 2.30. The van der Waals surface area contributed by atoms with Gasteiger partial charge in [-0.2, -0.15) is 28.1 Å². The quantitative estimate of drug-likeness (QED) is 0.879. The Balaban J connectivity index is 2.47. The Bertz CT molecular complexity index is 740. The van der Waals surface area contributed by atoms with Crippen LogP contribution in [0.3, 0.4) is 0 Å². The second-order valence-electron chi connectivity index (χ2n) is 4.97. The van der Waals surface area contributed by atoms with Crippen LogP contribution in [0.15, 0.2) is 30.3 Å². The topological polar surface area (TPSA) is 91.7 Å². The first kappa shape index (κ1) is 18.2. The predicted molar refractivity (Wildman–Crippen MR) is 82.3 cm³/mol. The van der Waals surface area contributed by atoms with Crippen molar-refractivity contribution < 1.29 is 27.8 Å². The fraction of sp³-hybridized carbons (Fsp3) is 0.286. The number of ether oxygens (including phenoxy) is 1. The summed E-state index contributed by atoms with van der Waals surface area (Å²) in [6, 6.07) is 7.22. The number of alkyl halides is 3. The monoisotopic (exact) mass is 357 g/mol. The molecular formula is C14H14F3N5O3. The number of para-hydroxylation sites is 1. The van der Waals surface area contributed by atoms with E-state index in [0.29, 0.717) is 0 Å². The Morgan fingerprint density at radius 2 is 1.72 bits per heavy atom. The molecule has 1 aromatic heterocycles. The zero-order valence-corrected chi connectivity index (χ0v) is 13.2. The Kier molecular flexibility index (Phi) is 5.25. The first-order valence-corrected chi connectivity index (χ1v) is 6.88. The molecule has 0 aliphatic carbocycles. The van der Waals surface area contributed by atoms with Crippen LogP contribution >= 0.6 is 0 Å². The van der Waals surface area contributed by atoms with Crippen molar-refractivity contribution in [2.45, 2.75) is 6.18 Å². The van der Waals surface area contributed by atoms with Gasteiger partial charge in [0.1, 0.15) is 0 Å². The highest BCUT2D eigenvalue weighted by atomic mass is 19.4. The van der Waals surface area contributed by atoms with Crippen LogP contribution in [0.25, 0.3) is 0 Å². The van der Waals surface area contributed by atoms with Crippen molar-refractivity contribution in [3.05, 3.63) is 30.3 Å². The van der Waals surface area contributed by atoms with Gasteiger partial charge in [-0.1, -0.05) is 18.2 Å². The van der Waals surface area contributed by atoms with Gasteiger partial charge in [-0.25, -0.2) is 9.69 Å². The number of carboxylic acid groups (broad SMARTS) is 1. The maximum atomic E-state index is 12.3. The molecule has 1 aromatic carbocycles. The Labute approximate surface area is 140 Å². The van der Waals surface area contributed by atoms with Gasteiger partial charge in [0.05, 0.1) is 5.69 Å². The van der Waals surface area contributed by atoms with Crippen LogP contribution in [-0.4, -0.2) is 53.0 Å². The molecular weight excluding hydrogens is 343 g/mol. The number of halogens is 3. The summed E-state index contributed by atoms with van der Waals surface area (Å²) in [6.45, 7) is -1.61. The second-order valence-corrected chi connectivity index (χ2v) is 4.97. The number of hydrogen-bond acceptors (Lipinski definition) is 6. The Morgan fingerprint density at radius 3 is 2.24 bits per heavy atom. The van der Waals surface area contributed by atoms with Gasteiger partial charge in [-0.05, 0) is 12.1 Å². The van der Waals surface area contributed by atoms with Gasteiger partial charge in [-0.3, -0.25) is 0 Å². The molecule has 1 heterocycles. The van der Waals surface area contributed by atoms with Crippen LogP contribution in [0.4, 0.5) is 35.5 Å². The zero-order valence-electron chi connectivity index (χ0n) is 13.2. The van der Waals surface area contributed by atoms with E-state index in [1.165, 1.54) is 17.0 Å². The SMILES string of the molecule is CN(C)c1nc(OCC(F)(F)F)nc(N(C(=O)O)c2ccccc2)n1. The van der Waals surface area contributed by atoms with Crippen molar-refractivity contribution in [1.82, 2.24) is 15.0 Å². The minimum atomic E-state index is -4.59. The summed E-state index contributed by atoms with van der Waals surface area (Å²) in [6.07, 6.45) is -6.00. The van der Waals surface area contributed by atoms with Gasteiger partial charge in [0.25, 0.3) is 0 Å². The molecule has 2 aromatic rings. The van der Waals surface area contributed by atoms with Gasteiger partial charge >= 0.3 is 18.3 Å². The molecule has 25 heavy (non-hydrogen) atoms. The fourth-order valence-electron chi connectivity index (χ4n) is 1.73. The summed E-state index contributed by atoms with van der Waals surface area (Å²) >= 11 is 0. The van der Waals surface area contributed by atoms with Crippen molar-refractivity contribution in [3.63, 3.8) is 0 Å². The van der Waals surface area contributed by atoms with Crippen LogP contribution in [0, 0.1) is 0 Å². The number of rotatable bonds is 5. The summed E-state index contributed by atoms with van der Waals surface area (Å²) in [5.41, 5.74) is 0.215. The fourth-order valence-corrected chi connectivity index (χ4v) is 1.73. The minimum Gasteiger partial charge on any atom is -0.464 e. The molecule has 0 aliphatic heterocycles. The molecule has 11 heteroatoms. The van der Waals surface area contributed by atoms with E-state index >= 15 is 0 Å². The molecule has 0 unspecified atom stereocenters. The van der Waals surface area contributed by atoms with Crippen molar-refractivity contribution in [2.75, 3.05) is 30.5 Å². The summed E-state index contributed by atoms with van der Waals surface area (Å²) < 4.78 is 41.6. The standard InChI is InChI=1S/C14H14F3N5O3/c1-21(2)10-18-11(20-12(19-10)25-8-14(15,16)17)22(13(23)24)9-6-4-3-5-7-9/h3-7H,8H2,1-2H3,(H,23,24). The molecule has 0 atom stereocenters. The van der Waals surface area contributed by atoms with Crippen molar-refractivity contribution >= 4 is 23.7 Å². The number of carbonyl (C=O) groups is 1. The van der Waals surface area contributed by atoms with Crippen molar-refractivity contribution in [3.8, 4) is 6.01 Å². The highest BCUT2D eigenvalue weighted by Crippen LogP contribution is 2.25. The van der Waals surface area contributed by atoms with Gasteiger partial charge in [0.15, 0.2) is 6.61 Å². The third-order valence-electron chi connectivity index (χ3n) is 2.76. The zero-order chi connectivity index (χ0) is 18.6. The lowest BCUT2D eigenvalue weighted by atomic mass is 10.3. The van der Waals surface area contributed by atoms with Crippen LogP contribution < -0.4 is 14.5 Å². The number of anilines is 3. The van der Waals surface area contributed by atoms with E-state index < -0.39 is 24.9 Å². The van der Waals surface area contributed by atoms with Crippen molar-refractivity contribution in [1.29, 1.82) is 0 Å². The number of benzene rings is 1. The summed E-state index contributed by atoms with van der Waals surface area (Å²) in [4.78, 5) is 25.1. The smallest absolute Gasteiger partial charge is 0.422 e. The summed E-state index contributed by atoms with van der Waals surface area (Å²) in [5.74, 6) is -0.432. The maximum absolute atomic E-state index is 12.3. The van der Waals surface area contributed by atoms with E-state index in [-0.39, 0.29) is 17.6 Å². The van der Waals surface area contributed by atoms with E-state index in [1.807, 2.05) is 0 Å². The summed E-state index contributed by atoms with van der Waals surface area (Å²) in [7, 11) is 3.08. The van der Waals surface area contributed by atoms with E-state index in [0.717, 1.165) is 4.90 Å². The molecule has 0 saturated carbocycles. The number of aromatic nitrogens is 3. The van der Waals surface area contributed by atoms with E-state index in [4.69, 9.17) is 0 Å². The highest BCUT2D eigenvalue weighted by molar-refractivity contribution is 5.92. The molecule has 0 fully saturated rings. The second kappa shape index (κ2) is 7.20. The molecule has 0 spiro atoms. The van der Waals surface area contributed by atoms with E-state index in [9.17, 15) is 23.1 Å². The van der Waals surface area contributed by atoms with E-state index in [1.54, 1.807) is 32.3 Å². The predicted octanol–water partition coefficient (Wildman–Crippen LogP) is 2.69. The van der Waals surface area contributed by atoms with Crippen LogP contribution in [-0.2, 0) is 0 Å². The molecule has 0 bridgehead atoms. The average Bonchev–Trinajstić information content (AvgIpc) is 2.53. The lowest BCUT2D eigenvalue weighted by Crippen LogP contribution is -2.28. The summed E-state index contributed by atoms with van der Waals surface area (Å²) in [5, 5.41) is 9.45. The average molecular weight is 357 g/mol. The van der Waals surface area contributed by atoms with Crippen LogP contribution in [0.5, 0.6) is 6.01 Å². The first-order valence-electron chi connectivity index (χ1n) is 6.88.